The van der Waals surface area contributed by atoms with Gasteiger partial charge in [0.05, 0.1) is 18.0 Å². The summed E-state index contributed by atoms with van der Waals surface area (Å²) in [5, 5.41) is 14.4. The van der Waals surface area contributed by atoms with E-state index in [1.54, 1.807) is 6.34 Å². The molecule has 1 aromatic rings. The molecule has 1 aliphatic carbocycles. The molecule has 6 nitrogen and oxygen atoms in total. The van der Waals surface area contributed by atoms with Crippen LogP contribution < -0.4 is 4.74 Å². The van der Waals surface area contributed by atoms with Crippen molar-refractivity contribution in [3.8, 4) is 5.75 Å². The van der Waals surface area contributed by atoms with Gasteiger partial charge in [0, 0.05) is 25.6 Å². The normalized spacial score (nSPS) is 26.4. The van der Waals surface area contributed by atoms with Crippen LogP contribution in [0, 0.1) is 0 Å². The van der Waals surface area contributed by atoms with E-state index in [0.717, 1.165) is 42.3 Å². The Morgan fingerprint density at radius 2 is 1.70 bits per heavy atom. The van der Waals surface area contributed by atoms with Gasteiger partial charge >= 0.3 is 0 Å². The third kappa shape index (κ3) is 3.63. The standard InChI is InChI=1S/C21H27N5O/c1-2-4-17(3-1)25-11-9-20(10-12-25)27-19-7-5-16(6-8-19)21-13-18-14-22-23-15-26(18)24-21/h5-8,14-15,17-18,20H,1-4,9-13H2. The Bertz CT molecular complexity index is 742. The zero-order valence-corrected chi connectivity index (χ0v) is 15.7. The first-order valence-corrected chi connectivity index (χ1v) is 10.3. The van der Waals surface area contributed by atoms with Crippen molar-refractivity contribution >= 4 is 18.3 Å². The second-order valence-electron chi connectivity index (χ2n) is 8.01. The molecule has 1 atom stereocenters. The Morgan fingerprint density at radius 1 is 0.926 bits per heavy atom. The van der Waals surface area contributed by atoms with Crippen LogP contribution in [0.25, 0.3) is 0 Å². The van der Waals surface area contributed by atoms with Gasteiger partial charge in [-0.2, -0.15) is 10.2 Å². The quantitative estimate of drug-likeness (QED) is 0.823. The molecule has 0 bridgehead atoms. The second-order valence-corrected chi connectivity index (χ2v) is 8.01. The van der Waals surface area contributed by atoms with Crippen LogP contribution in [0.3, 0.4) is 0 Å². The first kappa shape index (κ1) is 16.9. The molecule has 0 spiro atoms. The second kappa shape index (κ2) is 7.43. The van der Waals surface area contributed by atoms with E-state index in [-0.39, 0.29) is 6.04 Å². The van der Waals surface area contributed by atoms with Crippen LogP contribution in [-0.2, 0) is 0 Å². The zero-order chi connectivity index (χ0) is 18.1. The molecule has 6 heteroatoms. The van der Waals surface area contributed by atoms with Crippen molar-refractivity contribution in [3.05, 3.63) is 29.8 Å². The molecule has 3 heterocycles. The molecule has 3 aliphatic heterocycles. The topological polar surface area (TPSA) is 52.8 Å². The average Bonchev–Trinajstić information content (AvgIpc) is 3.39. The van der Waals surface area contributed by atoms with Crippen molar-refractivity contribution < 1.29 is 4.74 Å². The Balaban J connectivity index is 1.16. The van der Waals surface area contributed by atoms with E-state index in [4.69, 9.17) is 4.74 Å². The number of rotatable bonds is 4. The van der Waals surface area contributed by atoms with Gasteiger partial charge in [0.1, 0.15) is 18.2 Å². The van der Waals surface area contributed by atoms with Crippen molar-refractivity contribution in [1.29, 1.82) is 0 Å². The van der Waals surface area contributed by atoms with Gasteiger partial charge in [-0.1, -0.05) is 12.8 Å². The fourth-order valence-electron chi connectivity index (χ4n) is 4.70. The largest absolute Gasteiger partial charge is 0.490 e. The molecule has 2 fully saturated rings. The maximum Gasteiger partial charge on any atom is 0.135 e. The van der Waals surface area contributed by atoms with Crippen LogP contribution in [0.2, 0.25) is 0 Å². The Hall–Kier alpha value is -2.21. The molecule has 0 N–H and O–H groups in total. The number of piperidine rings is 1. The Labute approximate surface area is 160 Å². The van der Waals surface area contributed by atoms with E-state index in [0.29, 0.717) is 6.10 Å². The molecule has 5 rings (SSSR count). The van der Waals surface area contributed by atoms with E-state index in [2.05, 4.69) is 44.5 Å². The summed E-state index contributed by atoms with van der Waals surface area (Å²) in [4.78, 5) is 2.69. The average molecular weight is 365 g/mol. The molecule has 0 radical (unpaired) electrons. The van der Waals surface area contributed by atoms with Crippen LogP contribution in [0.15, 0.2) is 39.6 Å². The maximum atomic E-state index is 6.26. The fraction of sp³-hybridized carbons (Fsp3) is 0.571. The van der Waals surface area contributed by atoms with Crippen LogP contribution >= 0.6 is 0 Å². The van der Waals surface area contributed by atoms with Crippen molar-refractivity contribution in [2.24, 2.45) is 15.3 Å². The van der Waals surface area contributed by atoms with Crippen molar-refractivity contribution in [2.75, 3.05) is 13.1 Å². The number of likely N-dealkylation sites (tertiary alicyclic amines) is 1. The van der Waals surface area contributed by atoms with Gasteiger partial charge in [0.2, 0.25) is 0 Å². The van der Waals surface area contributed by atoms with Crippen molar-refractivity contribution in [3.63, 3.8) is 0 Å². The van der Waals surface area contributed by atoms with Crippen LogP contribution in [0.5, 0.6) is 5.75 Å². The van der Waals surface area contributed by atoms with E-state index in [1.165, 1.54) is 38.8 Å². The summed E-state index contributed by atoms with van der Waals surface area (Å²) >= 11 is 0. The lowest BCUT2D eigenvalue weighted by molar-refractivity contribution is 0.0768. The minimum absolute atomic E-state index is 0.207. The van der Waals surface area contributed by atoms with Gasteiger partial charge < -0.3 is 9.64 Å². The molecule has 0 amide bonds. The monoisotopic (exact) mass is 365 g/mol. The number of ether oxygens (including phenoxy) is 1. The first-order chi connectivity index (χ1) is 13.3. The molecule has 0 aromatic heterocycles. The molecule has 4 aliphatic rings. The maximum absolute atomic E-state index is 6.26. The highest BCUT2D eigenvalue weighted by molar-refractivity contribution is 6.04. The highest BCUT2D eigenvalue weighted by atomic mass is 16.5. The lowest BCUT2D eigenvalue weighted by atomic mass is 10.0. The number of hydrogen-bond donors (Lipinski definition) is 0. The van der Waals surface area contributed by atoms with Gasteiger partial charge in [-0.25, -0.2) is 5.01 Å². The molecule has 27 heavy (non-hydrogen) atoms. The first-order valence-electron chi connectivity index (χ1n) is 10.3. The SMILES string of the molecule is C1=NN=CN2N=C(c3ccc(OC4CCN(C5CCCC5)CC4)cc3)CC12. The van der Waals surface area contributed by atoms with Gasteiger partial charge in [-0.15, -0.1) is 5.10 Å². The predicted molar refractivity (Wildman–Crippen MR) is 108 cm³/mol. The number of hydrogen-bond acceptors (Lipinski definition) is 6. The zero-order valence-electron chi connectivity index (χ0n) is 15.7. The minimum atomic E-state index is 0.207. The smallest absolute Gasteiger partial charge is 0.135 e. The summed E-state index contributed by atoms with van der Waals surface area (Å²) in [7, 11) is 0. The summed E-state index contributed by atoms with van der Waals surface area (Å²) in [6.45, 7) is 2.37. The molecule has 1 unspecified atom stereocenters. The van der Waals surface area contributed by atoms with E-state index >= 15 is 0 Å². The van der Waals surface area contributed by atoms with Gasteiger partial charge in [-0.05, 0) is 55.5 Å². The third-order valence-electron chi connectivity index (χ3n) is 6.26. The lowest BCUT2D eigenvalue weighted by Crippen LogP contribution is -2.43. The molecular formula is C21H27N5O. The van der Waals surface area contributed by atoms with E-state index in [9.17, 15) is 0 Å². The Morgan fingerprint density at radius 3 is 2.44 bits per heavy atom. The van der Waals surface area contributed by atoms with Gasteiger partial charge in [-0.3, -0.25) is 0 Å². The van der Waals surface area contributed by atoms with Crippen LogP contribution in [-0.4, -0.2) is 59.5 Å². The van der Waals surface area contributed by atoms with Gasteiger partial charge in [0.25, 0.3) is 0 Å². The number of nitrogens with zero attached hydrogens (tertiary/aromatic N) is 5. The van der Waals surface area contributed by atoms with Crippen molar-refractivity contribution in [2.45, 2.75) is 63.1 Å². The lowest BCUT2D eigenvalue weighted by Gasteiger charge is -2.36. The molecular weight excluding hydrogens is 338 g/mol. The molecule has 1 saturated carbocycles. The molecule has 142 valence electrons. The van der Waals surface area contributed by atoms with E-state index < -0.39 is 0 Å². The highest BCUT2D eigenvalue weighted by Crippen LogP contribution is 2.28. The number of hydrazone groups is 1. The molecule has 1 aromatic carbocycles. The third-order valence-corrected chi connectivity index (χ3v) is 6.26. The Kier molecular flexibility index (Phi) is 4.66. The van der Waals surface area contributed by atoms with Crippen molar-refractivity contribution in [1.82, 2.24) is 9.91 Å². The minimum Gasteiger partial charge on any atom is -0.490 e. The van der Waals surface area contributed by atoms with Gasteiger partial charge in [0.15, 0.2) is 0 Å². The molecule has 1 saturated heterocycles. The number of fused-ring (bicyclic) bond motifs is 1. The predicted octanol–water partition coefficient (Wildman–Crippen LogP) is 3.28. The number of benzene rings is 1. The summed E-state index contributed by atoms with van der Waals surface area (Å²) in [6.07, 6.45) is 12.7. The summed E-state index contributed by atoms with van der Waals surface area (Å²) in [6, 6.07) is 9.45. The van der Waals surface area contributed by atoms with Crippen LogP contribution in [0.1, 0.15) is 50.5 Å². The fourth-order valence-corrected chi connectivity index (χ4v) is 4.70. The summed E-state index contributed by atoms with van der Waals surface area (Å²) < 4.78 is 6.26. The summed E-state index contributed by atoms with van der Waals surface area (Å²) in [5.41, 5.74) is 2.23. The van der Waals surface area contributed by atoms with Crippen LogP contribution in [0.4, 0.5) is 0 Å². The van der Waals surface area contributed by atoms with E-state index in [1.807, 2.05) is 11.2 Å². The summed E-state index contributed by atoms with van der Waals surface area (Å²) in [5.74, 6) is 0.970. The highest BCUT2D eigenvalue weighted by Gasteiger charge is 2.28.